The molecule has 1 aromatic rings. The van der Waals surface area contributed by atoms with E-state index < -0.39 is 0 Å². The maximum absolute atomic E-state index is 4.18. The van der Waals surface area contributed by atoms with Crippen LogP contribution < -0.4 is 0 Å². The predicted octanol–water partition coefficient (Wildman–Crippen LogP) is 3.45. The largest absolute Gasteiger partial charge is 0.302 e. The van der Waals surface area contributed by atoms with Gasteiger partial charge >= 0.3 is 0 Å². The highest BCUT2D eigenvalue weighted by Crippen LogP contribution is 2.33. The maximum atomic E-state index is 4.18. The van der Waals surface area contributed by atoms with Crippen molar-refractivity contribution in [3.05, 3.63) is 28.5 Å². The van der Waals surface area contributed by atoms with Gasteiger partial charge in [0, 0.05) is 34.8 Å². The lowest BCUT2D eigenvalue weighted by atomic mass is 9.85. The molecule has 1 fully saturated rings. The van der Waals surface area contributed by atoms with Gasteiger partial charge in [0.2, 0.25) is 0 Å². The van der Waals surface area contributed by atoms with Gasteiger partial charge < -0.3 is 4.90 Å². The van der Waals surface area contributed by atoms with Crippen molar-refractivity contribution in [3.8, 4) is 0 Å². The number of halogens is 2. The number of aromatic nitrogens is 1. The first-order valence-electron chi connectivity index (χ1n) is 5.55. The molecule has 88 valence electrons. The summed E-state index contributed by atoms with van der Waals surface area (Å²) >= 11 is 7.08. The third kappa shape index (κ3) is 3.54. The number of alkyl halides is 1. The summed E-state index contributed by atoms with van der Waals surface area (Å²) in [5.74, 6) is 0.870. The topological polar surface area (TPSA) is 16.1 Å². The Hall–Kier alpha value is 0.0700. The molecule has 1 aliphatic rings. The van der Waals surface area contributed by atoms with Gasteiger partial charge in [0.1, 0.15) is 0 Å². The Balaban J connectivity index is 1.80. The zero-order chi connectivity index (χ0) is 11.5. The Labute approximate surface area is 114 Å². The second kappa shape index (κ2) is 5.61. The highest BCUT2D eigenvalue weighted by molar-refractivity contribution is 9.10. The van der Waals surface area contributed by atoms with Gasteiger partial charge in [0.25, 0.3) is 0 Å². The summed E-state index contributed by atoms with van der Waals surface area (Å²) in [7, 11) is 2.18. The molecular formula is C12H16Br2N2. The average molecular weight is 348 g/mol. The van der Waals surface area contributed by atoms with Crippen LogP contribution in [0.15, 0.2) is 22.9 Å². The van der Waals surface area contributed by atoms with Crippen LogP contribution in [0.3, 0.4) is 0 Å². The molecule has 1 aliphatic carbocycles. The minimum absolute atomic E-state index is 0.762. The second-order valence-corrected chi connectivity index (χ2v) is 6.85. The summed E-state index contributed by atoms with van der Waals surface area (Å²) in [5.41, 5.74) is 1.27. The summed E-state index contributed by atoms with van der Waals surface area (Å²) < 4.78 is 1.06. The van der Waals surface area contributed by atoms with E-state index in [0.29, 0.717) is 0 Å². The molecule has 0 aliphatic heterocycles. The fraction of sp³-hybridized carbons (Fsp3) is 0.583. The molecule has 0 radical (unpaired) electrons. The summed E-state index contributed by atoms with van der Waals surface area (Å²) in [6, 6.07) is 2.14. The van der Waals surface area contributed by atoms with Gasteiger partial charge in [-0.1, -0.05) is 15.9 Å². The Kier molecular flexibility index (Phi) is 4.39. The Morgan fingerprint density at radius 2 is 2.19 bits per heavy atom. The number of nitrogens with zero attached hydrogens (tertiary/aromatic N) is 2. The van der Waals surface area contributed by atoms with Crippen molar-refractivity contribution in [3.63, 3.8) is 0 Å². The van der Waals surface area contributed by atoms with Gasteiger partial charge in [-0.15, -0.1) is 0 Å². The Morgan fingerprint density at radius 1 is 1.44 bits per heavy atom. The second-order valence-electron chi connectivity index (χ2n) is 4.64. The smallest absolute Gasteiger partial charge is 0.0410 e. The van der Waals surface area contributed by atoms with Crippen LogP contribution in [0.25, 0.3) is 0 Å². The first-order chi connectivity index (χ1) is 7.63. The fourth-order valence-corrected chi connectivity index (χ4v) is 3.63. The zero-order valence-electron chi connectivity index (χ0n) is 9.37. The highest BCUT2D eigenvalue weighted by atomic mass is 79.9. The molecule has 0 bridgehead atoms. The van der Waals surface area contributed by atoms with Gasteiger partial charge in [0.05, 0.1) is 0 Å². The highest BCUT2D eigenvalue weighted by Gasteiger charge is 2.27. The van der Waals surface area contributed by atoms with E-state index >= 15 is 0 Å². The lowest BCUT2D eigenvalue weighted by Crippen LogP contribution is -2.34. The molecule has 0 unspecified atom stereocenters. The van der Waals surface area contributed by atoms with E-state index in [9.17, 15) is 0 Å². The van der Waals surface area contributed by atoms with Crippen molar-refractivity contribution in [2.24, 2.45) is 5.92 Å². The van der Waals surface area contributed by atoms with Crippen LogP contribution in [-0.2, 0) is 6.54 Å². The number of rotatable bonds is 4. The normalized spacial score (nSPS) is 24.5. The van der Waals surface area contributed by atoms with Crippen molar-refractivity contribution in [1.29, 1.82) is 0 Å². The molecule has 1 saturated carbocycles. The lowest BCUT2D eigenvalue weighted by Gasteiger charge is -2.34. The van der Waals surface area contributed by atoms with Crippen LogP contribution in [0.1, 0.15) is 18.4 Å². The van der Waals surface area contributed by atoms with Crippen molar-refractivity contribution >= 4 is 31.9 Å². The summed E-state index contributed by atoms with van der Waals surface area (Å²) in [6.45, 7) is 2.17. The molecule has 0 saturated heterocycles. The van der Waals surface area contributed by atoms with Crippen LogP contribution in [0.5, 0.6) is 0 Å². The van der Waals surface area contributed by atoms with E-state index in [1.54, 1.807) is 0 Å². The van der Waals surface area contributed by atoms with Gasteiger partial charge in [-0.25, -0.2) is 0 Å². The molecular weight excluding hydrogens is 332 g/mol. The van der Waals surface area contributed by atoms with Gasteiger partial charge in [-0.3, -0.25) is 4.98 Å². The molecule has 0 aromatic carbocycles. The zero-order valence-corrected chi connectivity index (χ0v) is 12.5. The molecule has 1 heterocycles. The minimum Gasteiger partial charge on any atom is -0.302 e. The van der Waals surface area contributed by atoms with E-state index in [0.717, 1.165) is 21.8 Å². The first kappa shape index (κ1) is 12.5. The third-order valence-corrected chi connectivity index (χ3v) is 4.14. The fourth-order valence-electron chi connectivity index (χ4n) is 2.16. The summed E-state index contributed by atoms with van der Waals surface area (Å²) in [4.78, 5) is 7.33. The maximum Gasteiger partial charge on any atom is 0.0410 e. The van der Waals surface area contributed by atoms with Crippen LogP contribution in [-0.4, -0.2) is 28.3 Å². The van der Waals surface area contributed by atoms with Gasteiger partial charge in [-0.05, 0) is 53.4 Å². The molecule has 2 nitrogen and oxygen atoms in total. The Morgan fingerprint density at radius 3 is 2.81 bits per heavy atom. The van der Waals surface area contributed by atoms with Gasteiger partial charge in [-0.2, -0.15) is 0 Å². The van der Waals surface area contributed by atoms with E-state index in [1.807, 2.05) is 12.4 Å². The third-order valence-electron chi connectivity index (χ3n) is 2.96. The molecule has 4 heteroatoms. The SMILES string of the molecule is CN(Cc1cncc(Br)c1)CC1CC(Br)C1. The van der Waals surface area contributed by atoms with E-state index in [1.165, 1.54) is 24.9 Å². The predicted molar refractivity (Wildman–Crippen MR) is 73.7 cm³/mol. The molecule has 1 aromatic heterocycles. The van der Waals surface area contributed by atoms with E-state index in [2.05, 4.69) is 54.9 Å². The van der Waals surface area contributed by atoms with Crippen molar-refractivity contribution < 1.29 is 0 Å². The van der Waals surface area contributed by atoms with Crippen molar-refractivity contribution in [2.75, 3.05) is 13.6 Å². The molecule has 0 spiro atoms. The number of hydrogen-bond donors (Lipinski definition) is 0. The quantitative estimate of drug-likeness (QED) is 0.775. The summed E-state index contributed by atoms with van der Waals surface area (Å²) in [6.07, 6.45) is 6.41. The Bertz CT molecular complexity index is 351. The van der Waals surface area contributed by atoms with Crippen molar-refractivity contribution in [2.45, 2.75) is 24.2 Å². The minimum atomic E-state index is 0.762. The first-order valence-corrected chi connectivity index (χ1v) is 7.26. The van der Waals surface area contributed by atoms with Crippen LogP contribution >= 0.6 is 31.9 Å². The molecule has 2 rings (SSSR count). The van der Waals surface area contributed by atoms with E-state index in [4.69, 9.17) is 0 Å². The molecule has 0 atom stereocenters. The summed E-state index contributed by atoms with van der Waals surface area (Å²) in [5, 5.41) is 0. The van der Waals surface area contributed by atoms with E-state index in [-0.39, 0.29) is 0 Å². The standard InChI is InChI=1S/C12H16Br2N2/c1-16(7-9-2-11(13)3-9)8-10-4-12(14)6-15-5-10/h4-6,9,11H,2-3,7-8H2,1H3. The monoisotopic (exact) mass is 346 g/mol. The van der Waals surface area contributed by atoms with Crippen LogP contribution in [0, 0.1) is 5.92 Å². The van der Waals surface area contributed by atoms with Crippen LogP contribution in [0.2, 0.25) is 0 Å². The van der Waals surface area contributed by atoms with Crippen LogP contribution in [0.4, 0.5) is 0 Å². The molecule has 0 amide bonds. The van der Waals surface area contributed by atoms with Gasteiger partial charge in [0.15, 0.2) is 0 Å². The molecule has 16 heavy (non-hydrogen) atoms. The number of pyridine rings is 1. The number of hydrogen-bond acceptors (Lipinski definition) is 2. The molecule has 0 N–H and O–H groups in total. The van der Waals surface area contributed by atoms with Crippen molar-refractivity contribution in [1.82, 2.24) is 9.88 Å². The lowest BCUT2D eigenvalue weighted by molar-refractivity contribution is 0.208. The average Bonchev–Trinajstić information content (AvgIpc) is 2.15.